The summed E-state index contributed by atoms with van der Waals surface area (Å²) in [5.41, 5.74) is 3.22. The van der Waals surface area contributed by atoms with Gasteiger partial charge in [0.2, 0.25) is 0 Å². The molecule has 0 aliphatic rings. The number of carboxylic acid groups (broad SMARTS) is 1. The van der Waals surface area contributed by atoms with Crippen molar-refractivity contribution in [3.63, 3.8) is 0 Å². The van der Waals surface area contributed by atoms with E-state index in [1.807, 2.05) is 38.1 Å². The monoisotopic (exact) mass is 320 g/mol. The van der Waals surface area contributed by atoms with E-state index in [2.05, 4.69) is 5.32 Å². The second-order valence-corrected chi connectivity index (χ2v) is 5.37. The van der Waals surface area contributed by atoms with Crippen molar-refractivity contribution in [3.8, 4) is 6.07 Å². The first-order valence-electron chi connectivity index (χ1n) is 7.24. The number of carboxylic acids is 1. The maximum absolute atomic E-state index is 12.3. The number of carbonyl (C=O) groups excluding carboxylic acids is 1. The summed E-state index contributed by atoms with van der Waals surface area (Å²) in [6.45, 7) is 3.79. The van der Waals surface area contributed by atoms with E-state index in [1.54, 1.807) is 12.1 Å². The van der Waals surface area contributed by atoms with E-state index in [1.165, 1.54) is 18.2 Å². The number of benzene rings is 2. The van der Waals surface area contributed by atoms with E-state index in [0.29, 0.717) is 11.3 Å². The lowest BCUT2D eigenvalue weighted by atomic mass is 10.1. The van der Waals surface area contributed by atoms with Gasteiger partial charge in [-0.05, 0) is 54.8 Å². The molecule has 120 valence electrons. The van der Waals surface area contributed by atoms with Crippen molar-refractivity contribution in [1.29, 1.82) is 5.26 Å². The van der Waals surface area contributed by atoms with Gasteiger partial charge in [0.15, 0.2) is 0 Å². The quantitative estimate of drug-likeness (QED) is 0.666. The summed E-state index contributed by atoms with van der Waals surface area (Å²) in [4.78, 5) is 23.1. The Bertz CT molecular complexity index is 859. The molecule has 0 spiro atoms. The fourth-order valence-corrected chi connectivity index (χ4v) is 2.10. The number of rotatable bonds is 4. The molecule has 2 rings (SSSR count). The molecule has 0 aromatic heterocycles. The van der Waals surface area contributed by atoms with Crippen LogP contribution in [0, 0.1) is 25.2 Å². The van der Waals surface area contributed by atoms with Crippen LogP contribution in [0.25, 0.3) is 6.08 Å². The molecule has 0 aliphatic carbocycles. The number of hydrogen-bond acceptors (Lipinski definition) is 3. The molecule has 0 saturated heterocycles. The normalized spacial score (nSPS) is 10.8. The third-order valence-electron chi connectivity index (χ3n) is 3.47. The lowest BCUT2D eigenvalue weighted by Crippen LogP contribution is -2.14. The maximum Gasteiger partial charge on any atom is 0.335 e. The first-order chi connectivity index (χ1) is 11.4. The van der Waals surface area contributed by atoms with Crippen LogP contribution in [0.5, 0.6) is 0 Å². The molecule has 2 N–H and O–H groups in total. The van der Waals surface area contributed by atoms with Crippen LogP contribution in [-0.2, 0) is 4.79 Å². The van der Waals surface area contributed by atoms with Crippen molar-refractivity contribution in [1.82, 2.24) is 0 Å². The van der Waals surface area contributed by atoms with E-state index >= 15 is 0 Å². The summed E-state index contributed by atoms with van der Waals surface area (Å²) in [7, 11) is 0. The van der Waals surface area contributed by atoms with Crippen LogP contribution < -0.4 is 5.32 Å². The molecule has 2 aromatic carbocycles. The van der Waals surface area contributed by atoms with Gasteiger partial charge in [-0.3, -0.25) is 4.79 Å². The summed E-state index contributed by atoms with van der Waals surface area (Å²) in [5, 5.41) is 20.8. The molecule has 0 aliphatic heterocycles. The molecular weight excluding hydrogens is 304 g/mol. The molecule has 0 unspecified atom stereocenters. The molecule has 24 heavy (non-hydrogen) atoms. The van der Waals surface area contributed by atoms with Crippen LogP contribution in [0.3, 0.4) is 0 Å². The molecule has 0 atom stereocenters. The molecule has 5 heteroatoms. The van der Waals surface area contributed by atoms with E-state index in [9.17, 15) is 14.9 Å². The highest BCUT2D eigenvalue weighted by Gasteiger charge is 2.11. The van der Waals surface area contributed by atoms with Crippen LogP contribution >= 0.6 is 0 Å². The van der Waals surface area contributed by atoms with Crippen molar-refractivity contribution in [2.24, 2.45) is 0 Å². The Kier molecular flexibility index (Phi) is 5.13. The third kappa shape index (κ3) is 4.08. The number of nitrogens with zero attached hydrogens (tertiary/aromatic N) is 1. The Balaban J connectivity index is 2.24. The SMILES string of the molecule is Cc1ccc(C)c(NC(=O)/C(C#N)=C\c2ccc(C(=O)O)cc2)c1. The first-order valence-corrected chi connectivity index (χ1v) is 7.24. The van der Waals surface area contributed by atoms with Crippen molar-refractivity contribution in [3.05, 3.63) is 70.3 Å². The second kappa shape index (κ2) is 7.25. The smallest absolute Gasteiger partial charge is 0.335 e. The zero-order valence-electron chi connectivity index (χ0n) is 13.3. The van der Waals surface area contributed by atoms with Gasteiger partial charge in [-0.2, -0.15) is 5.26 Å². The minimum Gasteiger partial charge on any atom is -0.478 e. The van der Waals surface area contributed by atoms with Gasteiger partial charge in [-0.15, -0.1) is 0 Å². The maximum atomic E-state index is 12.3. The summed E-state index contributed by atoms with van der Waals surface area (Å²) in [5.74, 6) is -1.53. The Labute approximate surface area is 139 Å². The van der Waals surface area contributed by atoms with Gasteiger partial charge in [0, 0.05) is 5.69 Å². The number of aromatic carboxylic acids is 1. The van der Waals surface area contributed by atoms with Crippen LogP contribution in [-0.4, -0.2) is 17.0 Å². The van der Waals surface area contributed by atoms with Crippen LogP contribution in [0.1, 0.15) is 27.0 Å². The minimum absolute atomic E-state index is 0.0565. The van der Waals surface area contributed by atoms with Gasteiger partial charge in [-0.1, -0.05) is 24.3 Å². The molecule has 0 fully saturated rings. The fourth-order valence-electron chi connectivity index (χ4n) is 2.10. The Hall–Kier alpha value is -3.39. The lowest BCUT2D eigenvalue weighted by Gasteiger charge is -2.08. The summed E-state index contributed by atoms with van der Waals surface area (Å²) in [6.07, 6.45) is 1.42. The molecule has 5 nitrogen and oxygen atoms in total. The Morgan fingerprint density at radius 3 is 2.38 bits per heavy atom. The topological polar surface area (TPSA) is 90.2 Å². The highest BCUT2D eigenvalue weighted by molar-refractivity contribution is 6.10. The average molecular weight is 320 g/mol. The zero-order chi connectivity index (χ0) is 17.7. The molecule has 1 amide bonds. The highest BCUT2D eigenvalue weighted by Crippen LogP contribution is 2.18. The van der Waals surface area contributed by atoms with Crippen LogP contribution in [0.4, 0.5) is 5.69 Å². The highest BCUT2D eigenvalue weighted by atomic mass is 16.4. The zero-order valence-corrected chi connectivity index (χ0v) is 13.3. The number of anilines is 1. The number of amides is 1. The number of aryl methyl sites for hydroxylation is 2. The average Bonchev–Trinajstić information content (AvgIpc) is 2.56. The third-order valence-corrected chi connectivity index (χ3v) is 3.47. The number of carbonyl (C=O) groups is 2. The molecule has 0 heterocycles. The molecule has 0 bridgehead atoms. The largest absolute Gasteiger partial charge is 0.478 e. The van der Waals surface area contributed by atoms with Crippen molar-refractivity contribution < 1.29 is 14.7 Å². The molecule has 0 saturated carbocycles. The number of nitrogens with one attached hydrogen (secondary N) is 1. The van der Waals surface area contributed by atoms with Crippen molar-refractivity contribution >= 4 is 23.6 Å². The summed E-state index contributed by atoms with van der Waals surface area (Å²) >= 11 is 0. The molecule has 0 radical (unpaired) electrons. The van der Waals surface area contributed by atoms with Crippen LogP contribution in [0.15, 0.2) is 48.0 Å². The Morgan fingerprint density at radius 1 is 1.12 bits per heavy atom. The predicted octanol–water partition coefficient (Wildman–Crippen LogP) is 3.55. The number of hydrogen-bond donors (Lipinski definition) is 2. The minimum atomic E-state index is -1.03. The Morgan fingerprint density at radius 2 is 1.79 bits per heavy atom. The second-order valence-electron chi connectivity index (χ2n) is 5.37. The summed E-state index contributed by atoms with van der Waals surface area (Å²) < 4.78 is 0. The number of nitriles is 1. The van der Waals surface area contributed by atoms with E-state index in [4.69, 9.17) is 5.11 Å². The van der Waals surface area contributed by atoms with Crippen molar-refractivity contribution in [2.75, 3.05) is 5.32 Å². The van der Waals surface area contributed by atoms with Gasteiger partial charge >= 0.3 is 5.97 Å². The van der Waals surface area contributed by atoms with E-state index in [-0.39, 0.29) is 11.1 Å². The first kappa shape index (κ1) is 17.0. The summed E-state index contributed by atoms with van der Waals surface area (Å²) in [6, 6.07) is 13.5. The molecular formula is C19H16N2O3. The lowest BCUT2D eigenvalue weighted by molar-refractivity contribution is -0.112. The van der Waals surface area contributed by atoms with Gasteiger partial charge in [0.1, 0.15) is 11.6 Å². The predicted molar refractivity (Wildman–Crippen MR) is 91.5 cm³/mol. The van der Waals surface area contributed by atoms with Crippen LogP contribution in [0.2, 0.25) is 0 Å². The van der Waals surface area contributed by atoms with Gasteiger partial charge in [0.05, 0.1) is 5.56 Å². The van der Waals surface area contributed by atoms with Crippen molar-refractivity contribution in [2.45, 2.75) is 13.8 Å². The van der Waals surface area contributed by atoms with Gasteiger partial charge in [-0.25, -0.2) is 4.79 Å². The fraction of sp³-hybridized carbons (Fsp3) is 0.105. The van der Waals surface area contributed by atoms with Gasteiger partial charge < -0.3 is 10.4 Å². The molecule has 2 aromatic rings. The van der Waals surface area contributed by atoms with E-state index in [0.717, 1.165) is 11.1 Å². The van der Waals surface area contributed by atoms with Gasteiger partial charge in [0.25, 0.3) is 5.91 Å². The standard InChI is InChI=1S/C19H16N2O3/c1-12-3-4-13(2)17(9-12)21-18(22)16(11-20)10-14-5-7-15(8-6-14)19(23)24/h3-10H,1-2H3,(H,21,22)(H,23,24)/b16-10-. The van der Waals surface area contributed by atoms with E-state index < -0.39 is 11.9 Å².